The van der Waals surface area contributed by atoms with Gasteiger partial charge in [-0.05, 0) is 24.1 Å². The van der Waals surface area contributed by atoms with Crippen LogP contribution in [-0.4, -0.2) is 55.6 Å². The number of quaternary nitrogens is 1. The molecule has 18 heavy (non-hydrogen) atoms. The number of hydrogen-bond donors (Lipinski definition) is 0. The topological polar surface area (TPSA) is 20.3 Å². The first-order chi connectivity index (χ1) is 8.52. The molecule has 0 unspecified atom stereocenters. The van der Waals surface area contributed by atoms with Gasteiger partial charge in [-0.15, -0.1) is 0 Å². The second kappa shape index (κ2) is 5.11. The SMILES string of the molecule is CCc1cccc(C(=O)N2CC[N+](C)(C)CC2)c1. The summed E-state index contributed by atoms with van der Waals surface area (Å²) in [5, 5.41) is 0. The van der Waals surface area contributed by atoms with Gasteiger partial charge in [0, 0.05) is 5.56 Å². The van der Waals surface area contributed by atoms with Crippen molar-refractivity contribution in [3.8, 4) is 0 Å². The van der Waals surface area contributed by atoms with Crippen molar-refractivity contribution in [2.75, 3.05) is 40.3 Å². The summed E-state index contributed by atoms with van der Waals surface area (Å²) in [5.74, 6) is 0.185. The van der Waals surface area contributed by atoms with Gasteiger partial charge in [-0.2, -0.15) is 0 Å². The molecule has 1 aromatic rings. The van der Waals surface area contributed by atoms with Gasteiger partial charge in [-0.25, -0.2) is 0 Å². The Kier molecular flexibility index (Phi) is 3.71. The number of aryl methyl sites for hydroxylation is 1. The minimum absolute atomic E-state index is 0.185. The van der Waals surface area contributed by atoms with Crippen LogP contribution in [0, 0.1) is 0 Å². The average Bonchev–Trinajstić information content (AvgIpc) is 2.38. The molecule has 1 aromatic carbocycles. The predicted molar refractivity (Wildman–Crippen MR) is 73.6 cm³/mol. The zero-order chi connectivity index (χ0) is 13.2. The Morgan fingerprint density at radius 3 is 2.56 bits per heavy atom. The molecule has 1 fully saturated rings. The average molecular weight is 247 g/mol. The largest absolute Gasteiger partial charge is 0.327 e. The van der Waals surface area contributed by atoms with E-state index in [0.717, 1.165) is 42.6 Å². The number of carbonyl (C=O) groups is 1. The number of piperazine rings is 1. The van der Waals surface area contributed by atoms with Gasteiger partial charge in [0.1, 0.15) is 0 Å². The maximum Gasteiger partial charge on any atom is 0.254 e. The van der Waals surface area contributed by atoms with Gasteiger partial charge in [0.2, 0.25) is 0 Å². The third kappa shape index (κ3) is 2.91. The van der Waals surface area contributed by atoms with Crippen molar-refractivity contribution < 1.29 is 9.28 Å². The summed E-state index contributed by atoms with van der Waals surface area (Å²) in [7, 11) is 4.44. The van der Waals surface area contributed by atoms with Gasteiger partial charge >= 0.3 is 0 Å². The van der Waals surface area contributed by atoms with Gasteiger partial charge < -0.3 is 9.38 Å². The molecule has 0 N–H and O–H groups in total. The highest BCUT2D eigenvalue weighted by molar-refractivity contribution is 5.94. The maximum absolute atomic E-state index is 12.4. The van der Waals surface area contributed by atoms with Crippen LogP contribution in [0.15, 0.2) is 24.3 Å². The van der Waals surface area contributed by atoms with Crippen molar-refractivity contribution >= 4 is 5.91 Å². The van der Waals surface area contributed by atoms with Crippen molar-refractivity contribution in [2.24, 2.45) is 0 Å². The smallest absolute Gasteiger partial charge is 0.254 e. The normalized spacial score (nSPS) is 18.7. The Labute approximate surface area is 110 Å². The third-order valence-corrected chi connectivity index (χ3v) is 3.82. The zero-order valence-electron chi connectivity index (χ0n) is 11.6. The van der Waals surface area contributed by atoms with Crippen LogP contribution in [0.3, 0.4) is 0 Å². The predicted octanol–water partition coefficient (Wildman–Crippen LogP) is 1.78. The third-order valence-electron chi connectivity index (χ3n) is 3.82. The summed E-state index contributed by atoms with van der Waals surface area (Å²) in [6.45, 7) is 5.92. The van der Waals surface area contributed by atoms with Crippen LogP contribution in [0.4, 0.5) is 0 Å². The van der Waals surface area contributed by atoms with Gasteiger partial charge in [0.15, 0.2) is 0 Å². The van der Waals surface area contributed by atoms with Crippen LogP contribution in [0.5, 0.6) is 0 Å². The van der Waals surface area contributed by atoms with E-state index in [-0.39, 0.29) is 5.91 Å². The summed E-state index contributed by atoms with van der Waals surface area (Å²) in [6, 6.07) is 8.01. The Morgan fingerprint density at radius 2 is 1.94 bits per heavy atom. The van der Waals surface area contributed by atoms with Gasteiger partial charge in [0.25, 0.3) is 5.91 Å². The first-order valence-electron chi connectivity index (χ1n) is 6.72. The Morgan fingerprint density at radius 1 is 1.28 bits per heavy atom. The second-order valence-corrected chi connectivity index (χ2v) is 5.73. The van der Waals surface area contributed by atoms with Gasteiger partial charge in [-0.3, -0.25) is 4.79 Å². The second-order valence-electron chi connectivity index (χ2n) is 5.73. The molecule has 0 saturated carbocycles. The number of nitrogens with zero attached hydrogens (tertiary/aromatic N) is 2. The number of rotatable bonds is 2. The van der Waals surface area contributed by atoms with Crippen molar-refractivity contribution in [2.45, 2.75) is 13.3 Å². The zero-order valence-corrected chi connectivity index (χ0v) is 11.6. The molecule has 0 atom stereocenters. The standard InChI is InChI=1S/C15H23N2O/c1-4-13-6-5-7-14(12-13)15(18)16-8-10-17(2,3)11-9-16/h5-7,12H,4,8-11H2,1-3H3/q+1. The number of amides is 1. The molecule has 1 amide bonds. The molecule has 3 nitrogen and oxygen atoms in total. The van der Waals surface area contributed by atoms with Crippen LogP contribution in [0.25, 0.3) is 0 Å². The molecule has 0 radical (unpaired) electrons. The molecule has 1 aliphatic rings. The van der Waals surface area contributed by atoms with Crippen molar-refractivity contribution in [1.29, 1.82) is 0 Å². The number of likely N-dealkylation sites (N-methyl/N-ethyl adjacent to an activating group) is 1. The molecule has 0 aromatic heterocycles. The molecular formula is C15H23N2O+. The Bertz CT molecular complexity index is 430. The maximum atomic E-state index is 12.4. The molecule has 0 spiro atoms. The van der Waals surface area contributed by atoms with E-state index >= 15 is 0 Å². The molecule has 1 aliphatic heterocycles. The highest BCUT2D eigenvalue weighted by Crippen LogP contribution is 2.13. The van der Waals surface area contributed by atoms with Crippen molar-refractivity contribution in [3.63, 3.8) is 0 Å². The lowest BCUT2D eigenvalue weighted by molar-refractivity contribution is -0.894. The highest BCUT2D eigenvalue weighted by Gasteiger charge is 2.27. The van der Waals surface area contributed by atoms with Crippen LogP contribution < -0.4 is 0 Å². The van der Waals surface area contributed by atoms with E-state index in [1.54, 1.807) is 0 Å². The minimum Gasteiger partial charge on any atom is -0.327 e. The molecule has 3 heteroatoms. The Balaban J connectivity index is 2.07. The fourth-order valence-corrected chi connectivity index (χ4v) is 2.32. The molecule has 1 saturated heterocycles. The summed E-state index contributed by atoms with van der Waals surface area (Å²) < 4.78 is 1.01. The van der Waals surface area contributed by atoms with Gasteiger partial charge in [-0.1, -0.05) is 19.1 Å². The van der Waals surface area contributed by atoms with E-state index in [4.69, 9.17) is 0 Å². The van der Waals surface area contributed by atoms with E-state index < -0.39 is 0 Å². The van der Waals surface area contributed by atoms with E-state index in [9.17, 15) is 4.79 Å². The molecule has 0 aliphatic carbocycles. The van der Waals surface area contributed by atoms with E-state index in [1.807, 2.05) is 23.1 Å². The fraction of sp³-hybridized carbons (Fsp3) is 0.533. The summed E-state index contributed by atoms with van der Waals surface area (Å²) in [6.07, 6.45) is 0.977. The first kappa shape index (κ1) is 13.1. The summed E-state index contributed by atoms with van der Waals surface area (Å²) in [4.78, 5) is 14.4. The minimum atomic E-state index is 0.185. The highest BCUT2D eigenvalue weighted by atomic mass is 16.2. The lowest BCUT2D eigenvalue weighted by Gasteiger charge is -2.39. The Hall–Kier alpha value is -1.35. The van der Waals surface area contributed by atoms with E-state index in [1.165, 1.54) is 5.56 Å². The monoisotopic (exact) mass is 247 g/mol. The van der Waals surface area contributed by atoms with Crippen molar-refractivity contribution in [3.05, 3.63) is 35.4 Å². The van der Waals surface area contributed by atoms with Crippen LogP contribution >= 0.6 is 0 Å². The number of carbonyl (C=O) groups excluding carboxylic acids is 1. The lowest BCUT2D eigenvalue weighted by atomic mass is 10.1. The first-order valence-corrected chi connectivity index (χ1v) is 6.72. The van der Waals surface area contributed by atoms with E-state index in [0.29, 0.717) is 0 Å². The van der Waals surface area contributed by atoms with Crippen LogP contribution in [0.1, 0.15) is 22.8 Å². The molecular weight excluding hydrogens is 224 g/mol. The van der Waals surface area contributed by atoms with Crippen molar-refractivity contribution in [1.82, 2.24) is 4.90 Å². The quantitative estimate of drug-likeness (QED) is 0.730. The molecule has 98 valence electrons. The molecule has 2 rings (SSSR count). The molecule has 1 heterocycles. The lowest BCUT2D eigenvalue weighted by Crippen LogP contribution is -2.56. The van der Waals surface area contributed by atoms with Gasteiger partial charge in [0.05, 0.1) is 40.3 Å². The fourth-order valence-electron chi connectivity index (χ4n) is 2.32. The summed E-state index contributed by atoms with van der Waals surface area (Å²) >= 11 is 0. The van der Waals surface area contributed by atoms with Crippen LogP contribution in [0.2, 0.25) is 0 Å². The van der Waals surface area contributed by atoms with E-state index in [2.05, 4.69) is 27.1 Å². The number of hydrogen-bond acceptors (Lipinski definition) is 1. The van der Waals surface area contributed by atoms with Crippen LogP contribution in [-0.2, 0) is 6.42 Å². The molecule has 0 bridgehead atoms. The number of benzene rings is 1. The summed E-state index contributed by atoms with van der Waals surface area (Å²) in [5.41, 5.74) is 2.07.